The molecule has 130 valence electrons. The highest BCUT2D eigenvalue weighted by molar-refractivity contribution is 7.09. The molecule has 2 aromatic heterocycles. The Balaban J connectivity index is 1.66. The molecular weight excluding hydrogens is 342 g/mol. The number of thiophene rings is 1. The summed E-state index contributed by atoms with van der Waals surface area (Å²) in [5, 5.41) is 5.33. The number of nitrogens with zero attached hydrogens (tertiary/aromatic N) is 1. The van der Waals surface area contributed by atoms with E-state index in [1.54, 1.807) is 23.7 Å². The largest absolute Gasteiger partial charge is 0.464 e. The lowest BCUT2D eigenvalue weighted by molar-refractivity contribution is -0.130. The van der Waals surface area contributed by atoms with Gasteiger partial charge < -0.3 is 9.32 Å². The van der Waals surface area contributed by atoms with Crippen molar-refractivity contribution in [3.63, 3.8) is 0 Å². The van der Waals surface area contributed by atoms with Crippen molar-refractivity contribution in [2.24, 2.45) is 0 Å². The summed E-state index contributed by atoms with van der Waals surface area (Å²) in [7, 11) is 0. The lowest BCUT2D eigenvalue weighted by Gasteiger charge is -2.20. The van der Waals surface area contributed by atoms with E-state index in [9.17, 15) is 4.79 Å². The van der Waals surface area contributed by atoms with Crippen LogP contribution in [0, 0.1) is 0 Å². The van der Waals surface area contributed by atoms with Crippen molar-refractivity contribution in [3.05, 3.63) is 83.3 Å². The molecule has 0 unspecified atom stereocenters. The van der Waals surface area contributed by atoms with E-state index < -0.39 is 0 Å². The summed E-state index contributed by atoms with van der Waals surface area (Å²) in [5.41, 5.74) is 1.75. The number of fused-ring (bicyclic) bond motifs is 3. The van der Waals surface area contributed by atoms with Crippen LogP contribution in [0.2, 0.25) is 0 Å². The van der Waals surface area contributed by atoms with Crippen molar-refractivity contribution in [1.29, 1.82) is 0 Å². The molecule has 0 aliphatic carbocycles. The number of amides is 1. The van der Waals surface area contributed by atoms with Gasteiger partial charge in [-0.25, -0.2) is 0 Å². The fourth-order valence-corrected chi connectivity index (χ4v) is 4.00. The monoisotopic (exact) mass is 361 g/mol. The first kappa shape index (κ1) is 16.6. The van der Waals surface area contributed by atoms with Crippen LogP contribution in [0.15, 0.2) is 77.2 Å². The Morgan fingerprint density at radius 1 is 1.15 bits per heavy atom. The Kier molecular flexibility index (Phi) is 4.59. The lowest BCUT2D eigenvalue weighted by Crippen LogP contribution is -2.31. The molecule has 0 bridgehead atoms. The minimum Gasteiger partial charge on any atom is -0.464 e. The molecule has 0 radical (unpaired) electrons. The Morgan fingerprint density at radius 2 is 2.04 bits per heavy atom. The van der Waals surface area contributed by atoms with Gasteiger partial charge in [-0.05, 0) is 28.3 Å². The highest BCUT2D eigenvalue weighted by atomic mass is 32.1. The predicted octanol–water partition coefficient (Wildman–Crippen LogP) is 5.40. The van der Waals surface area contributed by atoms with Crippen LogP contribution in [0.4, 0.5) is 0 Å². The maximum Gasteiger partial charge on any atom is 0.227 e. The number of furan rings is 1. The van der Waals surface area contributed by atoms with Crippen LogP contribution in [0.25, 0.3) is 21.7 Å². The maximum absolute atomic E-state index is 12.9. The first-order valence-corrected chi connectivity index (χ1v) is 9.43. The summed E-state index contributed by atoms with van der Waals surface area (Å²) in [6.07, 6.45) is 3.81. The van der Waals surface area contributed by atoms with Gasteiger partial charge >= 0.3 is 0 Å². The van der Waals surface area contributed by atoms with Gasteiger partial charge in [0.25, 0.3) is 0 Å². The number of benzene rings is 2. The van der Waals surface area contributed by atoms with Gasteiger partial charge in [0, 0.05) is 22.4 Å². The Morgan fingerprint density at radius 3 is 2.85 bits per heavy atom. The number of hydrogen-bond donors (Lipinski definition) is 0. The van der Waals surface area contributed by atoms with Crippen molar-refractivity contribution >= 4 is 39.0 Å². The minimum atomic E-state index is 0.0777. The van der Waals surface area contributed by atoms with Crippen molar-refractivity contribution < 1.29 is 9.21 Å². The van der Waals surface area contributed by atoms with E-state index in [0.29, 0.717) is 19.5 Å². The molecule has 26 heavy (non-hydrogen) atoms. The third kappa shape index (κ3) is 3.16. The first-order valence-electron chi connectivity index (χ1n) is 8.55. The molecule has 4 aromatic rings. The second-order valence-electron chi connectivity index (χ2n) is 6.24. The molecule has 4 heteroatoms. The van der Waals surface area contributed by atoms with Crippen LogP contribution < -0.4 is 0 Å². The van der Waals surface area contributed by atoms with Crippen molar-refractivity contribution in [2.75, 3.05) is 6.54 Å². The highest BCUT2D eigenvalue weighted by Gasteiger charge is 2.18. The van der Waals surface area contributed by atoms with E-state index in [1.807, 2.05) is 40.6 Å². The lowest BCUT2D eigenvalue weighted by atomic mass is 10.0. The fourth-order valence-electron chi connectivity index (χ4n) is 3.28. The number of carbonyl (C=O) groups excluding carboxylic acids is 1. The van der Waals surface area contributed by atoms with Gasteiger partial charge in [0.05, 0.1) is 19.2 Å². The summed E-state index contributed by atoms with van der Waals surface area (Å²) >= 11 is 1.66. The zero-order chi connectivity index (χ0) is 17.9. The average molecular weight is 361 g/mol. The van der Waals surface area contributed by atoms with E-state index in [-0.39, 0.29) is 5.91 Å². The van der Waals surface area contributed by atoms with Crippen LogP contribution in [0.3, 0.4) is 0 Å². The van der Waals surface area contributed by atoms with Gasteiger partial charge in [-0.15, -0.1) is 17.9 Å². The Labute approximate surface area is 156 Å². The normalized spacial score (nSPS) is 11.1. The molecule has 0 aliphatic rings. The molecular formula is C22H19NO2S. The molecule has 0 N–H and O–H groups in total. The first-order chi connectivity index (χ1) is 12.8. The van der Waals surface area contributed by atoms with E-state index in [4.69, 9.17) is 4.42 Å². The van der Waals surface area contributed by atoms with Gasteiger partial charge in [-0.2, -0.15) is 0 Å². The highest BCUT2D eigenvalue weighted by Crippen LogP contribution is 2.30. The second-order valence-corrected chi connectivity index (χ2v) is 7.27. The van der Waals surface area contributed by atoms with Crippen LogP contribution in [0.5, 0.6) is 0 Å². The topological polar surface area (TPSA) is 33.5 Å². The standard InChI is InChI=1S/C22H19NO2S/c1-2-11-23(14-18-7-5-12-26-18)21(24)13-17-15-25-20-10-9-16-6-3-4-8-19(16)22(17)20/h2-10,12,15H,1,11,13-14H2. The molecule has 0 saturated heterocycles. The zero-order valence-electron chi connectivity index (χ0n) is 14.4. The van der Waals surface area contributed by atoms with Gasteiger partial charge in [-0.1, -0.05) is 42.5 Å². The van der Waals surface area contributed by atoms with E-state index in [0.717, 1.165) is 27.3 Å². The summed E-state index contributed by atoms with van der Waals surface area (Å²) in [6, 6.07) is 16.3. The summed E-state index contributed by atoms with van der Waals surface area (Å²) in [5.74, 6) is 0.0777. The summed E-state index contributed by atoms with van der Waals surface area (Å²) < 4.78 is 5.71. The molecule has 0 atom stereocenters. The average Bonchev–Trinajstić information content (AvgIpc) is 3.31. The van der Waals surface area contributed by atoms with Crippen molar-refractivity contribution in [3.8, 4) is 0 Å². The Bertz CT molecular complexity index is 1060. The van der Waals surface area contributed by atoms with Gasteiger partial charge in [0.1, 0.15) is 5.58 Å². The Hall–Kier alpha value is -2.85. The predicted molar refractivity (Wildman–Crippen MR) is 107 cm³/mol. The quantitative estimate of drug-likeness (QED) is 0.431. The zero-order valence-corrected chi connectivity index (χ0v) is 15.2. The second kappa shape index (κ2) is 7.18. The van der Waals surface area contributed by atoms with Crippen molar-refractivity contribution in [1.82, 2.24) is 4.90 Å². The summed E-state index contributed by atoms with van der Waals surface area (Å²) in [4.78, 5) is 16.0. The van der Waals surface area contributed by atoms with Gasteiger partial charge in [0.15, 0.2) is 0 Å². The molecule has 2 heterocycles. The number of rotatable bonds is 6. The molecule has 1 amide bonds. The summed E-state index contributed by atoms with van der Waals surface area (Å²) in [6.45, 7) is 4.94. The van der Waals surface area contributed by atoms with E-state index in [2.05, 4.69) is 24.8 Å². The molecule has 0 fully saturated rings. The van der Waals surface area contributed by atoms with Crippen LogP contribution >= 0.6 is 11.3 Å². The number of hydrogen-bond acceptors (Lipinski definition) is 3. The SMILES string of the molecule is C=CCN(Cc1cccs1)C(=O)Cc1coc2ccc3ccccc3c12. The smallest absolute Gasteiger partial charge is 0.227 e. The van der Waals surface area contributed by atoms with Crippen LogP contribution in [-0.2, 0) is 17.8 Å². The molecule has 0 aliphatic heterocycles. The van der Waals surface area contributed by atoms with Crippen LogP contribution in [-0.4, -0.2) is 17.4 Å². The van der Waals surface area contributed by atoms with Crippen LogP contribution in [0.1, 0.15) is 10.4 Å². The fraction of sp³-hybridized carbons (Fsp3) is 0.136. The molecule has 3 nitrogen and oxygen atoms in total. The van der Waals surface area contributed by atoms with E-state index >= 15 is 0 Å². The maximum atomic E-state index is 12.9. The van der Waals surface area contributed by atoms with Gasteiger partial charge in [-0.3, -0.25) is 4.79 Å². The molecule has 4 rings (SSSR count). The number of carbonyl (C=O) groups is 1. The molecule has 0 saturated carbocycles. The minimum absolute atomic E-state index is 0.0777. The molecule has 0 spiro atoms. The van der Waals surface area contributed by atoms with Gasteiger partial charge in [0.2, 0.25) is 5.91 Å². The molecule has 2 aromatic carbocycles. The van der Waals surface area contributed by atoms with Crippen molar-refractivity contribution in [2.45, 2.75) is 13.0 Å². The third-order valence-electron chi connectivity index (χ3n) is 4.51. The van der Waals surface area contributed by atoms with E-state index in [1.165, 1.54) is 4.88 Å². The third-order valence-corrected chi connectivity index (χ3v) is 5.37.